The summed E-state index contributed by atoms with van der Waals surface area (Å²) in [4.78, 5) is 22.5. The van der Waals surface area contributed by atoms with Gasteiger partial charge in [-0.15, -0.1) is 0 Å². The van der Waals surface area contributed by atoms with Crippen molar-refractivity contribution in [1.29, 1.82) is 0 Å². The van der Waals surface area contributed by atoms with Gasteiger partial charge in [0.25, 0.3) is 5.91 Å². The van der Waals surface area contributed by atoms with Crippen molar-refractivity contribution in [2.45, 2.75) is 13.1 Å². The third kappa shape index (κ3) is 4.80. The molecule has 5 nitrogen and oxygen atoms in total. The normalized spacial score (nSPS) is 10.4. The Labute approximate surface area is 157 Å². The molecular weight excluding hydrogens is 348 g/mol. The minimum atomic E-state index is -0.147. The second-order valence-electron chi connectivity index (χ2n) is 5.92. The number of halogens is 1. The topological polar surface area (TPSA) is 58.1 Å². The molecule has 0 saturated heterocycles. The number of benzene rings is 2. The van der Waals surface area contributed by atoms with Crippen LogP contribution in [0.5, 0.6) is 0 Å². The fourth-order valence-corrected chi connectivity index (χ4v) is 2.62. The highest BCUT2D eigenvalue weighted by atomic mass is 35.5. The van der Waals surface area contributed by atoms with Gasteiger partial charge in [0.1, 0.15) is 17.8 Å². The molecule has 0 atom stereocenters. The van der Waals surface area contributed by atoms with Crippen LogP contribution in [0.25, 0.3) is 0 Å². The van der Waals surface area contributed by atoms with E-state index < -0.39 is 0 Å². The summed E-state index contributed by atoms with van der Waals surface area (Å²) in [6.07, 6.45) is 1.40. The Balaban J connectivity index is 1.64. The zero-order chi connectivity index (χ0) is 18.4. The molecule has 3 aromatic rings. The molecule has 0 bridgehead atoms. The van der Waals surface area contributed by atoms with Crippen LogP contribution in [0.15, 0.2) is 67.0 Å². The van der Waals surface area contributed by atoms with Crippen molar-refractivity contribution in [3.05, 3.63) is 88.8 Å². The second-order valence-corrected chi connectivity index (χ2v) is 6.35. The molecule has 0 saturated carbocycles. The van der Waals surface area contributed by atoms with Gasteiger partial charge in [0, 0.05) is 31.2 Å². The van der Waals surface area contributed by atoms with E-state index >= 15 is 0 Å². The van der Waals surface area contributed by atoms with Gasteiger partial charge in [-0.2, -0.15) is 0 Å². The third-order valence-electron chi connectivity index (χ3n) is 3.88. The van der Waals surface area contributed by atoms with Gasteiger partial charge in [-0.3, -0.25) is 4.79 Å². The molecule has 0 aliphatic heterocycles. The molecule has 1 heterocycles. The van der Waals surface area contributed by atoms with E-state index in [1.54, 1.807) is 18.0 Å². The van der Waals surface area contributed by atoms with Gasteiger partial charge in [-0.1, -0.05) is 54.1 Å². The predicted molar refractivity (Wildman–Crippen MR) is 103 cm³/mol. The first kappa shape index (κ1) is 17.9. The van der Waals surface area contributed by atoms with E-state index in [0.29, 0.717) is 29.6 Å². The lowest BCUT2D eigenvalue weighted by molar-refractivity contribution is 0.0779. The van der Waals surface area contributed by atoms with Crippen LogP contribution < -0.4 is 5.32 Å². The Morgan fingerprint density at radius 3 is 2.50 bits per heavy atom. The minimum absolute atomic E-state index is 0.147. The SMILES string of the molecule is CN(Cc1ccccc1)C(=O)c1cc(NCc2ccc(Cl)cc2)ncn1. The molecule has 0 fully saturated rings. The van der Waals surface area contributed by atoms with Crippen molar-refractivity contribution in [3.8, 4) is 0 Å². The number of hydrogen-bond donors (Lipinski definition) is 1. The number of nitrogens with zero attached hydrogens (tertiary/aromatic N) is 3. The van der Waals surface area contributed by atoms with E-state index in [1.165, 1.54) is 6.33 Å². The van der Waals surface area contributed by atoms with Crippen molar-refractivity contribution in [1.82, 2.24) is 14.9 Å². The number of anilines is 1. The van der Waals surface area contributed by atoms with Crippen LogP contribution >= 0.6 is 11.6 Å². The molecule has 26 heavy (non-hydrogen) atoms. The van der Waals surface area contributed by atoms with Crippen molar-refractivity contribution >= 4 is 23.3 Å². The summed E-state index contributed by atoms with van der Waals surface area (Å²) >= 11 is 5.89. The molecule has 0 radical (unpaired) electrons. The lowest BCUT2D eigenvalue weighted by Gasteiger charge is -2.17. The number of amides is 1. The van der Waals surface area contributed by atoms with Gasteiger partial charge in [0.05, 0.1) is 0 Å². The van der Waals surface area contributed by atoms with Crippen molar-refractivity contribution in [3.63, 3.8) is 0 Å². The maximum Gasteiger partial charge on any atom is 0.272 e. The summed E-state index contributed by atoms with van der Waals surface area (Å²) in [5, 5.41) is 3.90. The van der Waals surface area contributed by atoms with E-state index in [9.17, 15) is 4.79 Å². The molecule has 6 heteroatoms. The largest absolute Gasteiger partial charge is 0.366 e. The first-order valence-electron chi connectivity index (χ1n) is 8.21. The Kier molecular flexibility index (Phi) is 5.81. The zero-order valence-electron chi connectivity index (χ0n) is 14.4. The molecule has 0 aliphatic carbocycles. The highest BCUT2D eigenvalue weighted by Gasteiger charge is 2.14. The highest BCUT2D eigenvalue weighted by Crippen LogP contribution is 2.13. The van der Waals surface area contributed by atoms with Gasteiger partial charge in [-0.25, -0.2) is 9.97 Å². The number of aromatic nitrogens is 2. The fraction of sp³-hybridized carbons (Fsp3) is 0.150. The molecule has 1 N–H and O–H groups in total. The molecular formula is C20H19ClN4O. The molecule has 132 valence electrons. The Hall–Kier alpha value is -2.92. The Morgan fingerprint density at radius 2 is 1.77 bits per heavy atom. The van der Waals surface area contributed by atoms with Crippen LogP contribution in [0.4, 0.5) is 5.82 Å². The van der Waals surface area contributed by atoms with Gasteiger partial charge >= 0.3 is 0 Å². The van der Waals surface area contributed by atoms with Crippen LogP contribution in [-0.2, 0) is 13.1 Å². The number of carbonyl (C=O) groups excluding carboxylic acids is 1. The summed E-state index contributed by atoms with van der Waals surface area (Å²) < 4.78 is 0. The first-order valence-corrected chi connectivity index (χ1v) is 8.59. The van der Waals surface area contributed by atoms with Gasteiger partial charge < -0.3 is 10.2 Å². The molecule has 0 unspecified atom stereocenters. The van der Waals surface area contributed by atoms with E-state index in [-0.39, 0.29) is 5.91 Å². The summed E-state index contributed by atoms with van der Waals surface area (Å²) in [6.45, 7) is 1.11. The first-order chi connectivity index (χ1) is 12.6. The maximum absolute atomic E-state index is 12.6. The molecule has 2 aromatic carbocycles. The monoisotopic (exact) mass is 366 g/mol. The number of nitrogens with one attached hydrogen (secondary N) is 1. The van der Waals surface area contributed by atoms with E-state index in [0.717, 1.165) is 11.1 Å². The maximum atomic E-state index is 12.6. The minimum Gasteiger partial charge on any atom is -0.366 e. The van der Waals surface area contributed by atoms with Gasteiger partial charge in [0.2, 0.25) is 0 Å². The van der Waals surface area contributed by atoms with Crippen LogP contribution in [0, 0.1) is 0 Å². The van der Waals surface area contributed by atoms with Gasteiger partial charge in [0.15, 0.2) is 0 Å². The van der Waals surface area contributed by atoms with Gasteiger partial charge in [-0.05, 0) is 23.3 Å². The van der Waals surface area contributed by atoms with E-state index in [1.807, 2.05) is 54.6 Å². The van der Waals surface area contributed by atoms with Crippen molar-refractivity contribution < 1.29 is 4.79 Å². The number of carbonyl (C=O) groups is 1. The molecule has 0 spiro atoms. The number of hydrogen-bond acceptors (Lipinski definition) is 4. The summed E-state index contributed by atoms with van der Waals surface area (Å²) in [6, 6.07) is 19.1. The second kappa shape index (κ2) is 8.45. The summed E-state index contributed by atoms with van der Waals surface area (Å²) in [5.41, 5.74) is 2.50. The average molecular weight is 367 g/mol. The predicted octanol–water partition coefficient (Wildman–Crippen LogP) is 4.01. The fourth-order valence-electron chi connectivity index (χ4n) is 2.49. The summed E-state index contributed by atoms with van der Waals surface area (Å²) in [7, 11) is 1.76. The standard InChI is InChI=1S/C20H19ClN4O/c1-25(13-16-5-3-2-4-6-16)20(26)18-11-19(24-14-23-18)22-12-15-7-9-17(21)10-8-15/h2-11,14H,12-13H2,1H3,(H,22,23,24). The van der Waals surface area contributed by atoms with Crippen molar-refractivity contribution in [2.24, 2.45) is 0 Å². The number of rotatable bonds is 6. The van der Waals surface area contributed by atoms with Crippen LogP contribution in [0.2, 0.25) is 5.02 Å². The van der Waals surface area contributed by atoms with E-state index in [4.69, 9.17) is 11.6 Å². The quantitative estimate of drug-likeness (QED) is 0.716. The average Bonchev–Trinajstić information content (AvgIpc) is 2.68. The lowest BCUT2D eigenvalue weighted by atomic mass is 10.2. The molecule has 1 amide bonds. The molecule has 1 aromatic heterocycles. The lowest BCUT2D eigenvalue weighted by Crippen LogP contribution is -2.27. The van der Waals surface area contributed by atoms with Crippen molar-refractivity contribution in [2.75, 3.05) is 12.4 Å². The van der Waals surface area contributed by atoms with Crippen LogP contribution in [0.3, 0.4) is 0 Å². The smallest absolute Gasteiger partial charge is 0.272 e. The molecule has 0 aliphatic rings. The Bertz CT molecular complexity index is 868. The Morgan fingerprint density at radius 1 is 1.04 bits per heavy atom. The third-order valence-corrected chi connectivity index (χ3v) is 4.13. The zero-order valence-corrected chi connectivity index (χ0v) is 15.1. The highest BCUT2D eigenvalue weighted by molar-refractivity contribution is 6.30. The summed E-state index contributed by atoms with van der Waals surface area (Å²) in [5.74, 6) is 0.456. The molecule has 3 rings (SSSR count). The van der Waals surface area contributed by atoms with Crippen LogP contribution in [0.1, 0.15) is 21.6 Å². The van der Waals surface area contributed by atoms with Crippen LogP contribution in [-0.4, -0.2) is 27.8 Å². The van der Waals surface area contributed by atoms with E-state index in [2.05, 4.69) is 15.3 Å².